The highest BCUT2D eigenvalue weighted by Gasteiger charge is 2.38. The summed E-state index contributed by atoms with van der Waals surface area (Å²) in [6.45, 7) is 0.968. The molecule has 1 heterocycles. The van der Waals surface area contributed by atoms with Crippen molar-refractivity contribution in [2.75, 3.05) is 6.61 Å². The summed E-state index contributed by atoms with van der Waals surface area (Å²) in [5, 5.41) is 0. The first-order chi connectivity index (χ1) is 10.3. The molecule has 0 aromatic heterocycles. The quantitative estimate of drug-likeness (QED) is 0.604. The van der Waals surface area contributed by atoms with E-state index in [-0.39, 0.29) is 18.0 Å². The first kappa shape index (κ1) is 13.8. The maximum absolute atomic E-state index is 12.3. The zero-order chi connectivity index (χ0) is 14.5. The fraction of sp³-hybridized carbons (Fsp3) is 0.278. The molecule has 1 aliphatic rings. The van der Waals surface area contributed by atoms with Crippen LogP contribution >= 0.6 is 0 Å². The van der Waals surface area contributed by atoms with E-state index in [1.165, 1.54) is 0 Å². The second-order valence-corrected chi connectivity index (χ2v) is 5.26. The topological polar surface area (TPSA) is 38.8 Å². The summed E-state index contributed by atoms with van der Waals surface area (Å²) in [5.41, 5.74) is 2.13. The molecule has 0 N–H and O–H groups in total. The molecular weight excluding hydrogens is 264 g/mol. The number of epoxide rings is 1. The maximum Gasteiger partial charge on any atom is 0.312 e. The molecule has 3 rings (SSSR count). The average Bonchev–Trinajstić information content (AvgIpc) is 3.37. The van der Waals surface area contributed by atoms with Crippen LogP contribution in [0, 0.1) is 5.92 Å². The van der Waals surface area contributed by atoms with Crippen LogP contribution in [0.25, 0.3) is 0 Å². The Morgan fingerprint density at radius 3 is 2.19 bits per heavy atom. The van der Waals surface area contributed by atoms with Crippen molar-refractivity contribution >= 4 is 5.97 Å². The van der Waals surface area contributed by atoms with Gasteiger partial charge in [0.25, 0.3) is 0 Å². The molecule has 21 heavy (non-hydrogen) atoms. The van der Waals surface area contributed by atoms with Crippen molar-refractivity contribution in [3.63, 3.8) is 0 Å². The number of ether oxygens (including phenoxy) is 2. The highest BCUT2D eigenvalue weighted by Crippen LogP contribution is 2.25. The second-order valence-electron chi connectivity index (χ2n) is 5.26. The molecule has 1 saturated heterocycles. The van der Waals surface area contributed by atoms with Gasteiger partial charge in [0.15, 0.2) is 0 Å². The van der Waals surface area contributed by atoms with E-state index in [0.29, 0.717) is 19.6 Å². The molecule has 2 atom stereocenters. The minimum atomic E-state index is -0.212. The van der Waals surface area contributed by atoms with Gasteiger partial charge in [0.05, 0.1) is 18.6 Å². The maximum atomic E-state index is 12.3. The van der Waals surface area contributed by atoms with Gasteiger partial charge in [-0.2, -0.15) is 0 Å². The normalized spacial score (nSPS) is 18.0. The summed E-state index contributed by atoms with van der Waals surface area (Å²) in [5.74, 6) is -0.388. The lowest BCUT2D eigenvalue weighted by molar-refractivity contribution is -0.150. The zero-order valence-electron chi connectivity index (χ0n) is 11.8. The Bertz CT molecular complexity index is 576. The van der Waals surface area contributed by atoms with Gasteiger partial charge < -0.3 is 9.47 Å². The number of hydrogen-bond donors (Lipinski definition) is 0. The summed E-state index contributed by atoms with van der Waals surface area (Å²) < 4.78 is 10.8. The molecule has 0 bridgehead atoms. The molecule has 0 spiro atoms. The van der Waals surface area contributed by atoms with E-state index < -0.39 is 0 Å². The highest BCUT2D eigenvalue weighted by atomic mass is 16.6. The molecule has 1 fully saturated rings. The van der Waals surface area contributed by atoms with Crippen molar-refractivity contribution in [2.24, 2.45) is 5.92 Å². The van der Waals surface area contributed by atoms with Crippen LogP contribution in [0.5, 0.6) is 0 Å². The number of hydrogen-bond acceptors (Lipinski definition) is 3. The second kappa shape index (κ2) is 6.55. The minimum absolute atomic E-state index is 0.00785. The lowest BCUT2D eigenvalue weighted by atomic mass is 9.96. The molecule has 0 amide bonds. The molecule has 0 radical (unpaired) electrons. The van der Waals surface area contributed by atoms with E-state index >= 15 is 0 Å². The lowest BCUT2D eigenvalue weighted by Crippen LogP contribution is -2.25. The van der Waals surface area contributed by atoms with Gasteiger partial charge in [-0.1, -0.05) is 60.7 Å². The van der Waals surface area contributed by atoms with Gasteiger partial charge in [0.1, 0.15) is 6.61 Å². The predicted molar refractivity (Wildman–Crippen MR) is 79.6 cm³/mol. The van der Waals surface area contributed by atoms with Crippen LogP contribution in [0.3, 0.4) is 0 Å². The molecule has 108 valence electrons. The van der Waals surface area contributed by atoms with Crippen LogP contribution in [0.2, 0.25) is 0 Å². The Balaban J connectivity index is 1.60. The van der Waals surface area contributed by atoms with Crippen LogP contribution < -0.4 is 0 Å². The van der Waals surface area contributed by atoms with Crippen molar-refractivity contribution in [2.45, 2.75) is 19.1 Å². The monoisotopic (exact) mass is 282 g/mol. The summed E-state index contributed by atoms with van der Waals surface area (Å²) in [7, 11) is 0. The van der Waals surface area contributed by atoms with Crippen LogP contribution in [0.15, 0.2) is 60.7 Å². The molecule has 0 aliphatic carbocycles. The number of carbonyl (C=O) groups is 1. The summed E-state index contributed by atoms with van der Waals surface area (Å²) in [6.07, 6.45) is 0.674. The fourth-order valence-corrected chi connectivity index (χ4v) is 2.36. The van der Waals surface area contributed by atoms with E-state index in [2.05, 4.69) is 0 Å². The molecule has 0 unspecified atom stereocenters. The van der Waals surface area contributed by atoms with Crippen LogP contribution in [-0.2, 0) is 27.3 Å². The standard InChI is InChI=1S/C18H18O3/c19-18(21-12-15-9-5-2-6-10-15)16(17-13-20-17)11-14-7-3-1-4-8-14/h1-10,16-17H,11-13H2/t16-,17+/m0/s1. The van der Waals surface area contributed by atoms with Crippen molar-refractivity contribution in [1.29, 1.82) is 0 Å². The van der Waals surface area contributed by atoms with E-state index in [1.807, 2.05) is 60.7 Å². The van der Waals surface area contributed by atoms with Gasteiger partial charge in [-0.05, 0) is 17.5 Å². The molecule has 3 nitrogen and oxygen atoms in total. The van der Waals surface area contributed by atoms with E-state index in [4.69, 9.17) is 9.47 Å². The number of carbonyl (C=O) groups excluding carboxylic acids is 1. The third-order valence-corrected chi connectivity index (χ3v) is 3.63. The van der Waals surface area contributed by atoms with Gasteiger partial charge in [-0.3, -0.25) is 4.79 Å². The Labute approximate surface area is 124 Å². The van der Waals surface area contributed by atoms with Crippen LogP contribution in [-0.4, -0.2) is 18.7 Å². The highest BCUT2D eigenvalue weighted by molar-refractivity contribution is 5.74. The van der Waals surface area contributed by atoms with Crippen molar-refractivity contribution < 1.29 is 14.3 Å². The summed E-state index contributed by atoms with van der Waals surface area (Å²) in [4.78, 5) is 12.3. The van der Waals surface area contributed by atoms with Crippen LogP contribution in [0.1, 0.15) is 11.1 Å². The molecule has 1 aliphatic heterocycles. The molecule has 2 aromatic carbocycles. The van der Waals surface area contributed by atoms with Crippen LogP contribution in [0.4, 0.5) is 0 Å². The van der Waals surface area contributed by atoms with Crippen molar-refractivity contribution in [1.82, 2.24) is 0 Å². The van der Waals surface area contributed by atoms with Gasteiger partial charge >= 0.3 is 5.97 Å². The molecular formula is C18H18O3. The number of rotatable bonds is 6. The fourth-order valence-electron chi connectivity index (χ4n) is 2.36. The van der Waals surface area contributed by atoms with E-state index in [9.17, 15) is 4.79 Å². The zero-order valence-corrected chi connectivity index (χ0v) is 11.8. The number of benzene rings is 2. The lowest BCUT2D eigenvalue weighted by Gasteiger charge is -2.14. The summed E-state index contributed by atoms with van der Waals surface area (Å²) in [6, 6.07) is 19.7. The molecule has 0 saturated carbocycles. The molecule has 2 aromatic rings. The van der Waals surface area contributed by atoms with Gasteiger partial charge in [-0.25, -0.2) is 0 Å². The largest absolute Gasteiger partial charge is 0.461 e. The Kier molecular flexibility index (Phi) is 4.31. The van der Waals surface area contributed by atoms with E-state index in [1.54, 1.807) is 0 Å². The first-order valence-corrected chi connectivity index (χ1v) is 7.19. The predicted octanol–water partition coefficient (Wildman–Crippen LogP) is 2.99. The third kappa shape index (κ3) is 3.92. The van der Waals surface area contributed by atoms with Crippen molar-refractivity contribution in [3.05, 3.63) is 71.8 Å². The minimum Gasteiger partial charge on any atom is -0.461 e. The average molecular weight is 282 g/mol. The third-order valence-electron chi connectivity index (χ3n) is 3.63. The Hall–Kier alpha value is -2.13. The van der Waals surface area contributed by atoms with Crippen molar-refractivity contribution in [3.8, 4) is 0 Å². The SMILES string of the molecule is O=C(OCc1ccccc1)[C@@H](Cc1ccccc1)[C@H]1CO1. The Morgan fingerprint density at radius 1 is 1.05 bits per heavy atom. The van der Waals surface area contributed by atoms with Gasteiger partial charge in [0, 0.05) is 0 Å². The van der Waals surface area contributed by atoms with E-state index in [0.717, 1.165) is 11.1 Å². The Morgan fingerprint density at radius 2 is 1.62 bits per heavy atom. The van der Waals surface area contributed by atoms with Gasteiger partial charge in [-0.15, -0.1) is 0 Å². The number of esters is 1. The smallest absolute Gasteiger partial charge is 0.312 e. The van der Waals surface area contributed by atoms with Gasteiger partial charge in [0.2, 0.25) is 0 Å². The molecule has 3 heteroatoms. The first-order valence-electron chi connectivity index (χ1n) is 7.19. The summed E-state index contributed by atoms with van der Waals surface area (Å²) >= 11 is 0.